The van der Waals surface area contributed by atoms with E-state index in [0.717, 1.165) is 5.56 Å². The predicted molar refractivity (Wildman–Crippen MR) is 52.7 cm³/mol. The highest BCUT2D eigenvalue weighted by Gasteiger charge is 2.00. The lowest BCUT2D eigenvalue weighted by Crippen LogP contribution is -2.11. The molecule has 11 heavy (non-hydrogen) atoms. The number of hydrogen-bond acceptors (Lipinski definition) is 1. The summed E-state index contributed by atoms with van der Waals surface area (Å²) in [5.74, 6) is -0.0504. The Morgan fingerprint density at radius 1 is 1.36 bits per heavy atom. The molecule has 3 heteroatoms. The van der Waals surface area contributed by atoms with Gasteiger partial charge in [-0.2, -0.15) is 0 Å². The normalized spacial score (nSPS) is 9.27. The van der Waals surface area contributed by atoms with E-state index in [4.69, 9.17) is 0 Å². The molecule has 0 fully saturated rings. The van der Waals surface area contributed by atoms with Crippen LogP contribution in [0.15, 0.2) is 24.3 Å². The molecule has 0 aliphatic carbocycles. The van der Waals surface area contributed by atoms with Crippen molar-refractivity contribution in [2.45, 2.75) is 6.92 Å². The lowest BCUT2D eigenvalue weighted by atomic mass is 10.1. The average Bonchev–Trinajstić information content (AvgIpc) is 2.05. The van der Waals surface area contributed by atoms with Crippen molar-refractivity contribution in [1.82, 2.24) is 3.53 Å². The fourth-order valence-corrected chi connectivity index (χ4v) is 1.07. The molecule has 1 aromatic rings. The molecule has 0 atom stereocenters. The summed E-state index contributed by atoms with van der Waals surface area (Å²) < 4.78 is 2.53. The quantitative estimate of drug-likeness (QED) is 0.608. The molecule has 0 aromatic heterocycles. The first-order chi connectivity index (χ1) is 5.24. The number of amides is 1. The van der Waals surface area contributed by atoms with Crippen molar-refractivity contribution in [2.75, 3.05) is 0 Å². The lowest BCUT2D eigenvalue weighted by molar-refractivity contribution is 0.0989. The van der Waals surface area contributed by atoms with Crippen LogP contribution >= 0.6 is 22.9 Å². The van der Waals surface area contributed by atoms with Crippen LogP contribution in [0.3, 0.4) is 0 Å². The van der Waals surface area contributed by atoms with E-state index in [1.54, 1.807) is 0 Å². The molecule has 1 aromatic carbocycles. The van der Waals surface area contributed by atoms with Crippen LogP contribution in [-0.4, -0.2) is 5.91 Å². The van der Waals surface area contributed by atoms with Crippen LogP contribution in [-0.2, 0) is 0 Å². The molecule has 0 spiro atoms. The molecule has 0 bridgehead atoms. The molecular formula is C8H8INO. The minimum absolute atomic E-state index is 0.0504. The highest BCUT2D eigenvalue weighted by molar-refractivity contribution is 14.1. The largest absolute Gasteiger partial charge is 0.295 e. The van der Waals surface area contributed by atoms with E-state index < -0.39 is 0 Å². The molecule has 0 saturated carbocycles. The van der Waals surface area contributed by atoms with Crippen LogP contribution in [0, 0.1) is 6.92 Å². The van der Waals surface area contributed by atoms with Gasteiger partial charge in [0.05, 0.1) is 22.9 Å². The first-order valence-electron chi connectivity index (χ1n) is 3.21. The summed E-state index contributed by atoms with van der Waals surface area (Å²) in [6.07, 6.45) is 0. The van der Waals surface area contributed by atoms with Crippen LogP contribution in [0.25, 0.3) is 0 Å². The van der Waals surface area contributed by atoms with Gasteiger partial charge in [0.2, 0.25) is 0 Å². The van der Waals surface area contributed by atoms with Crippen LogP contribution < -0.4 is 3.53 Å². The molecule has 0 heterocycles. The van der Waals surface area contributed by atoms with Gasteiger partial charge in [-0.15, -0.1) is 0 Å². The van der Waals surface area contributed by atoms with Gasteiger partial charge in [0.25, 0.3) is 5.91 Å². The van der Waals surface area contributed by atoms with E-state index >= 15 is 0 Å². The topological polar surface area (TPSA) is 29.1 Å². The van der Waals surface area contributed by atoms with Gasteiger partial charge in [0, 0.05) is 5.56 Å². The molecule has 0 aliphatic heterocycles. The Balaban J connectivity index is 2.90. The molecule has 0 aliphatic rings. The molecule has 0 saturated heterocycles. The molecule has 1 amide bonds. The van der Waals surface area contributed by atoms with Crippen LogP contribution in [0.2, 0.25) is 0 Å². The number of hydrogen-bond donors (Lipinski definition) is 1. The second-order valence-electron chi connectivity index (χ2n) is 2.29. The van der Waals surface area contributed by atoms with E-state index in [1.807, 2.05) is 54.1 Å². The first-order valence-corrected chi connectivity index (χ1v) is 4.29. The second kappa shape index (κ2) is 3.71. The standard InChI is InChI=1S/C8H8INO/c1-6-2-4-7(5-3-6)8(11)10-9/h2-5H,1H3,(H,10,11). The highest BCUT2D eigenvalue weighted by Crippen LogP contribution is 2.02. The van der Waals surface area contributed by atoms with Gasteiger partial charge in [0.15, 0.2) is 0 Å². The Kier molecular flexibility index (Phi) is 2.87. The maximum Gasteiger partial charge on any atom is 0.259 e. The van der Waals surface area contributed by atoms with Crippen molar-refractivity contribution < 1.29 is 4.79 Å². The minimum Gasteiger partial charge on any atom is -0.295 e. The van der Waals surface area contributed by atoms with Gasteiger partial charge in [0.1, 0.15) is 0 Å². The molecule has 58 valence electrons. The zero-order valence-electron chi connectivity index (χ0n) is 6.10. The number of carbonyl (C=O) groups excluding carboxylic acids is 1. The van der Waals surface area contributed by atoms with E-state index in [9.17, 15) is 4.79 Å². The molecule has 1 rings (SSSR count). The zero-order chi connectivity index (χ0) is 8.27. The van der Waals surface area contributed by atoms with E-state index in [-0.39, 0.29) is 5.91 Å². The number of halogens is 1. The van der Waals surface area contributed by atoms with Crippen molar-refractivity contribution in [1.29, 1.82) is 0 Å². The smallest absolute Gasteiger partial charge is 0.259 e. The average molecular weight is 261 g/mol. The predicted octanol–water partition coefficient (Wildman–Crippen LogP) is 2.07. The fraction of sp³-hybridized carbons (Fsp3) is 0.125. The molecule has 0 radical (unpaired) electrons. The Bertz CT molecular complexity index is 255. The molecule has 2 nitrogen and oxygen atoms in total. The summed E-state index contributed by atoms with van der Waals surface area (Å²) in [4.78, 5) is 11.0. The van der Waals surface area contributed by atoms with Crippen molar-refractivity contribution in [3.8, 4) is 0 Å². The van der Waals surface area contributed by atoms with Gasteiger partial charge >= 0.3 is 0 Å². The third-order valence-corrected chi connectivity index (χ3v) is 1.89. The van der Waals surface area contributed by atoms with Gasteiger partial charge in [-0.25, -0.2) is 0 Å². The van der Waals surface area contributed by atoms with Crippen LogP contribution in [0.5, 0.6) is 0 Å². The van der Waals surface area contributed by atoms with Gasteiger partial charge in [-0.1, -0.05) is 17.7 Å². The van der Waals surface area contributed by atoms with Crippen molar-refractivity contribution >= 4 is 28.8 Å². The van der Waals surface area contributed by atoms with Crippen molar-refractivity contribution in [2.24, 2.45) is 0 Å². The number of aryl methyl sites for hydroxylation is 1. The van der Waals surface area contributed by atoms with Crippen LogP contribution in [0.1, 0.15) is 15.9 Å². The lowest BCUT2D eigenvalue weighted by Gasteiger charge is -1.97. The third-order valence-electron chi connectivity index (χ3n) is 1.40. The number of benzene rings is 1. The third kappa shape index (κ3) is 2.18. The Morgan fingerprint density at radius 2 is 1.91 bits per heavy atom. The summed E-state index contributed by atoms with van der Waals surface area (Å²) in [6, 6.07) is 7.45. The van der Waals surface area contributed by atoms with Gasteiger partial charge in [-0.05, 0) is 19.1 Å². The molecular weight excluding hydrogens is 253 g/mol. The number of carbonyl (C=O) groups is 1. The van der Waals surface area contributed by atoms with Crippen molar-refractivity contribution in [3.63, 3.8) is 0 Å². The van der Waals surface area contributed by atoms with Gasteiger partial charge in [-0.3, -0.25) is 8.32 Å². The summed E-state index contributed by atoms with van der Waals surface area (Å²) in [7, 11) is 0. The molecule has 0 unspecified atom stereocenters. The summed E-state index contributed by atoms with van der Waals surface area (Å²) in [6.45, 7) is 1.99. The summed E-state index contributed by atoms with van der Waals surface area (Å²) in [5, 5.41) is 0. The second-order valence-corrected chi connectivity index (χ2v) is 2.83. The van der Waals surface area contributed by atoms with E-state index in [1.165, 1.54) is 0 Å². The Morgan fingerprint density at radius 3 is 2.36 bits per heavy atom. The van der Waals surface area contributed by atoms with Crippen LogP contribution in [0.4, 0.5) is 0 Å². The summed E-state index contributed by atoms with van der Waals surface area (Å²) in [5.41, 5.74) is 1.86. The first kappa shape index (κ1) is 8.52. The fourth-order valence-electron chi connectivity index (χ4n) is 0.759. The maximum atomic E-state index is 11.0. The number of rotatable bonds is 1. The minimum atomic E-state index is -0.0504. The molecule has 1 N–H and O–H groups in total. The van der Waals surface area contributed by atoms with Crippen molar-refractivity contribution in [3.05, 3.63) is 35.4 Å². The van der Waals surface area contributed by atoms with E-state index in [0.29, 0.717) is 5.56 Å². The zero-order valence-corrected chi connectivity index (χ0v) is 8.25. The number of nitrogens with one attached hydrogen (secondary N) is 1. The monoisotopic (exact) mass is 261 g/mol. The summed E-state index contributed by atoms with van der Waals surface area (Å²) >= 11 is 1.83. The maximum absolute atomic E-state index is 11.0. The van der Waals surface area contributed by atoms with Gasteiger partial charge < -0.3 is 0 Å². The highest BCUT2D eigenvalue weighted by atomic mass is 127. The van der Waals surface area contributed by atoms with E-state index in [2.05, 4.69) is 3.53 Å². The SMILES string of the molecule is Cc1ccc(C(=O)NI)cc1. The Hall–Kier alpha value is -0.580. The Labute approximate surface area is 79.5 Å².